The van der Waals surface area contributed by atoms with Crippen molar-refractivity contribution in [2.24, 2.45) is 0 Å². The molecule has 18 heavy (non-hydrogen) atoms. The lowest BCUT2D eigenvalue weighted by Gasteiger charge is -2.17. The fourth-order valence-corrected chi connectivity index (χ4v) is 1.19. The van der Waals surface area contributed by atoms with Crippen LogP contribution in [0, 0.1) is 0 Å². The van der Waals surface area contributed by atoms with Crippen molar-refractivity contribution in [3.8, 4) is 0 Å². The maximum absolute atomic E-state index is 11.4. The van der Waals surface area contributed by atoms with Gasteiger partial charge in [0.15, 0.2) is 5.76 Å². The van der Waals surface area contributed by atoms with Gasteiger partial charge in [0.1, 0.15) is 0 Å². The Morgan fingerprint density at radius 1 is 1.39 bits per heavy atom. The van der Waals surface area contributed by atoms with E-state index in [1.54, 1.807) is 26.0 Å². The zero-order chi connectivity index (χ0) is 13.6. The fourth-order valence-electron chi connectivity index (χ4n) is 1.19. The summed E-state index contributed by atoms with van der Waals surface area (Å²) in [6, 6.07) is 3.16. The van der Waals surface area contributed by atoms with Gasteiger partial charge in [-0.3, -0.25) is 9.59 Å². The summed E-state index contributed by atoms with van der Waals surface area (Å²) >= 11 is 0. The molecular weight excluding hydrogens is 236 g/mol. The number of carbonyl (C=O) groups is 2. The van der Waals surface area contributed by atoms with Crippen LogP contribution in [0.25, 0.3) is 0 Å². The van der Waals surface area contributed by atoms with E-state index in [0.717, 1.165) is 0 Å². The van der Waals surface area contributed by atoms with E-state index in [4.69, 9.17) is 4.42 Å². The molecule has 1 aromatic heterocycles. The lowest BCUT2D eigenvalue weighted by molar-refractivity contribution is -0.121. The molecule has 0 spiro atoms. The van der Waals surface area contributed by atoms with Crippen LogP contribution in [-0.4, -0.2) is 35.6 Å². The van der Waals surface area contributed by atoms with Gasteiger partial charge in [-0.05, 0) is 26.0 Å². The molecule has 1 heterocycles. The highest BCUT2D eigenvalue weighted by Gasteiger charge is 2.14. The molecule has 0 aliphatic rings. The molecule has 0 bridgehead atoms. The molecular formula is C12H18N2O4. The molecule has 0 saturated carbocycles. The summed E-state index contributed by atoms with van der Waals surface area (Å²) in [5, 5.41) is 14.5. The molecule has 3 N–H and O–H groups in total. The molecule has 6 nitrogen and oxygen atoms in total. The number of rotatable bonds is 6. The van der Waals surface area contributed by atoms with E-state index in [1.807, 2.05) is 0 Å². The third kappa shape index (κ3) is 5.49. The zero-order valence-electron chi connectivity index (χ0n) is 10.5. The third-order valence-corrected chi connectivity index (χ3v) is 2.10. The first-order valence-electron chi connectivity index (χ1n) is 5.69. The van der Waals surface area contributed by atoms with Crippen LogP contribution in [0.2, 0.25) is 0 Å². The Hall–Kier alpha value is -1.82. The molecule has 1 rings (SSSR count). The maximum atomic E-state index is 11.4. The Labute approximate surface area is 105 Å². The number of hydrogen-bond donors (Lipinski definition) is 3. The highest BCUT2D eigenvalue weighted by Crippen LogP contribution is 1.99. The van der Waals surface area contributed by atoms with Gasteiger partial charge in [-0.15, -0.1) is 0 Å². The SMILES string of the molecule is CC(C)(O)CNC(=O)CCNC(=O)c1ccco1. The van der Waals surface area contributed by atoms with Gasteiger partial charge in [-0.2, -0.15) is 0 Å². The van der Waals surface area contributed by atoms with Gasteiger partial charge in [-0.1, -0.05) is 0 Å². The van der Waals surface area contributed by atoms with Crippen molar-refractivity contribution >= 4 is 11.8 Å². The molecule has 0 unspecified atom stereocenters. The molecule has 100 valence electrons. The molecule has 0 fully saturated rings. The second-order valence-corrected chi connectivity index (χ2v) is 4.57. The Kier molecular flexibility index (Phi) is 4.91. The van der Waals surface area contributed by atoms with Crippen LogP contribution >= 0.6 is 0 Å². The van der Waals surface area contributed by atoms with Crippen LogP contribution in [0.4, 0.5) is 0 Å². The molecule has 0 radical (unpaired) electrons. The summed E-state index contributed by atoms with van der Waals surface area (Å²) in [4.78, 5) is 22.8. The minimum atomic E-state index is -0.937. The van der Waals surface area contributed by atoms with Gasteiger partial charge in [0.25, 0.3) is 5.91 Å². The van der Waals surface area contributed by atoms with E-state index in [-0.39, 0.29) is 37.1 Å². The monoisotopic (exact) mass is 254 g/mol. The lowest BCUT2D eigenvalue weighted by atomic mass is 10.1. The molecule has 0 atom stereocenters. The van der Waals surface area contributed by atoms with Gasteiger partial charge in [-0.25, -0.2) is 0 Å². The van der Waals surface area contributed by atoms with Gasteiger partial charge < -0.3 is 20.2 Å². The zero-order valence-corrected chi connectivity index (χ0v) is 10.5. The number of amides is 2. The van der Waals surface area contributed by atoms with E-state index < -0.39 is 5.60 Å². The van der Waals surface area contributed by atoms with Crippen molar-refractivity contribution in [2.75, 3.05) is 13.1 Å². The van der Waals surface area contributed by atoms with Gasteiger partial charge >= 0.3 is 0 Å². The summed E-state index contributed by atoms with van der Waals surface area (Å²) in [5.74, 6) is -0.362. The second kappa shape index (κ2) is 6.20. The van der Waals surface area contributed by atoms with Crippen LogP contribution in [0.3, 0.4) is 0 Å². The molecule has 0 saturated heterocycles. The van der Waals surface area contributed by atoms with Crippen LogP contribution in [0.15, 0.2) is 22.8 Å². The van der Waals surface area contributed by atoms with Crippen molar-refractivity contribution in [1.29, 1.82) is 0 Å². The standard InChI is InChI=1S/C12H18N2O4/c1-12(2,17)8-14-10(15)5-6-13-11(16)9-4-3-7-18-9/h3-4,7,17H,5-6,8H2,1-2H3,(H,13,16)(H,14,15). The van der Waals surface area contributed by atoms with Crippen molar-refractivity contribution in [3.05, 3.63) is 24.2 Å². The van der Waals surface area contributed by atoms with Crippen molar-refractivity contribution in [2.45, 2.75) is 25.9 Å². The molecule has 0 aromatic carbocycles. The molecule has 0 aliphatic carbocycles. The summed E-state index contributed by atoms with van der Waals surface area (Å²) < 4.78 is 4.90. The first-order valence-corrected chi connectivity index (χ1v) is 5.69. The summed E-state index contributed by atoms with van der Waals surface area (Å²) in [7, 11) is 0. The third-order valence-electron chi connectivity index (χ3n) is 2.10. The highest BCUT2D eigenvalue weighted by molar-refractivity contribution is 5.91. The Bertz CT molecular complexity index is 393. The molecule has 2 amide bonds. The largest absolute Gasteiger partial charge is 0.459 e. The van der Waals surface area contributed by atoms with Crippen molar-refractivity contribution < 1.29 is 19.1 Å². The molecule has 6 heteroatoms. The average Bonchev–Trinajstić information content (AvgIpc) is 2.78. The predicted octanol–water partition coefficient (Wildman–Crippen LogP) is 0.287. The fraction of sp³-hybridized carbons (Fsp3) is 0.500. The quantitative estimate of drug-likeness (QED) is 0.680. The van der Waals surface area contributed by atoms with E-state index >= 15 is 0 Å². The Morgan fingerprint density at radius 3 is 2.67 bits per heavy atom. The number of nitrogens with one attached hydrogen (secondary N) is 2. The lowest BCUT2D eigenvalue weighted by Crippen LogP contribution is -2.39. The number of carbonyl (C=O) groups excluding carboxylic acids is 2. The molecule has 1 aromatic rings. The first kappa shape index (κ1) is 14.2. The van der Waals surface area contributed by atoms with Gasteiger partial charge in [0.05, 0.1) is 11.9 Å². The number of hydrogen-bond acceptors (Lipinski definition) is 4. The van der Waals surface area contributed by atoms with E-state index in [2.05, 4.69) is 10.6 Å². The number of furan rings is 1. The minimum Gasteiger partial charge on any atom is -0.459 e. The van der Waals surface area contributed by atoms with Crippen molar-refractivity contribution in [3.63, 3.8) is 0 Å². The first-order chi connectivity index (χ1) is 8.38. The second-order valence-electron chi connectivity index (χ2n) is 4.57. The maximum Gasteiger partial charge on any atom is 0.286 e. The smallest absolute Gasteiger partial charge is 0.286 e. The Balaban J connectivity index is 2.18. The molecule has 0 aliphatic heterocycles. The normalized spacial score (nSPS) is 11.1. The van der Waals surface area contributed by atoms with E-state index in [9.17, 15) is 14.7 Å². The summed E-state index contributed by atoms with van der Waals surface area (Å²) in [6.07, 6.45) is 1.56. The number of aliphatic hydroxyl groups is 1. The van der Waals surface area contributed by atoms with Crippen LogP contribution in [-0.2, 0) is 4.79 Å². The predicted molar refractivity (Wildman–Crippen MR) is 65.0 cm³/mol. The van der Waals surface area contributed by atoms with E-state index in [0.29, 0.717) is 0 Å². The topological polar surface area (TPSA) is 91.6 Å². The van der Waals surface area contributed by atoms with Crippen LogP contribution < -0.4 is 10.6 Å². The minimum absolute atomic E-state index is 0.155. The van der Waals surface area contributed by atoms with Crippen molar-refractivity contribution in [1.82, 2.24) is 10.6 Å². The van der Waals surface area contributed by atoms with Gasteiger partial charge in [0.2, 0.25) is 5.91 Å². The average molecular weight is 254 g/mol. The van der Waals surface area contributed by atoms with Crippen LogP contribution in [0.1, 0.15) is 30.8 Å². The summed E-state index contributed by atoms with van der Waals surface area (Å²) in [5.41, 5.74) is -0.937. The van der Waals surface area contributed by atoms with Crippen LogP contribution in [0.5, 0.6) is 0 Å². The summed E-state index contributed by atoms with van der Waals surface area (Å²) in [6.45, 7) is 3.60. The Morgan fingerprint density at radius 2 is 2.11 bits per heavy atom. The van der Waals surface area contributed by atoms with Gasteiger partial charge in [0, 0.05) is 19.5 Å². The highest BCUT2D eigenvalue weighted by atomic mass is 16.3. The van der Waals surface area contributed by atoms with E-state index in [1.165, 1.54) is 6.26 Å².